The van der Waals surface area contributed by atoms with Crippen LogP contribution in [0.3, 0.4) is 0 Å². The fraction of sp³-hybridized carbons (Fsp3) is 0.0714. The first-order valence-electron chi connectivity index (χ1n) is 6.50. The van der Waals surface area contributed by atoms with Gasteiger partial charge < -0.3 is 0 Å². The molecular formula is C14H11N7. The van der Waals surface area contributed by atoms with Crippen LogP contribution in [-0.2, 0) is 6.42 Å². The van der Waals surface area contributed by atoms with Crippen molar-refractivity contribution in [2.75, 3.05) is 0 Å². The van der Waals surface area contributed by atoms with E-state index in [0.29, 0.717) is 23.4 Å². The number of hydrogen-bond acceptors (Lipinski definition) is 5. The van der Waals surface area contributed by atoms with Crippen molar-refractivity contribution >= 4 is 11.2 Å². The molecule has 0 atom stereocenters. The molecule has 0 spiro atoms. The number of hydrogen-bond donors (Lipinski definition) is 1. The number of fused-ring (bicyclic) bond motifs is 1. The van der Waals surface area contributed by atoms with Gasteiger partial charge in [-0.05, 0) is 17.7 Å². The van der Waals surface area contributed by atoms with Crippen LogP contribution in [0, 0.1) is 0 Å². The highest BCUT2D eigenvalue weighted by molar-refractivity contribution is 5.70. The van der Waals surface area contributed by atoms with Crippen molar-refractivity contribution in [1.29, 1.82) is 0 Å². The van der Waals surface area contributed by atoms with Crippen LogP contribution < -0.4 is 0 Å². The van der Waals surface area contributed by atoms with Crippen LogP contribution in [0.15, 0.2) is 48.9 Å². The van der Waals surface area contributed by atoms with E-state index in [4.69, 9.17) is 0 Å². The van der Waals surface area contributed by atoms with Gasteiger partial charge in [0.15, 0.2) is 11.2 Å². The van der Waals surface area contributed by atoms with Gasteiger partial charge in [-0.15, -0.1) is 5.10 Å². The lowest BCUT2D eigenvalue weighted by Gasteiger charge is -2.02. The minimum atomic E-state index is 0.617. The molecule has 3 heterocycles. The summed E-state index contributed by atoms with van der Waals surface area (Å²) in [7, 11) is 0. The summed E-state index contributed by atoms with van der Waals surface area (Å²) >= 11 is 0. The largest absolute Gasteiger partial charge is 0.285 e. The number of nitrogens with one attached hydrogen (secondary N) is 1. The molecule has 0 aliphatic rings. The van der Waals surface area contributed by atoms with Crippen LogP contribution in [0.2, 0.25) is 0 Å². The average molecular weight is 277 g/mol. The van der Waals surface area contributed by atoms with Crippen LogP contribution >= 0.6 is 0 Å². The summed E-state index contributed by atoms with van der Waals surface area (Å²) in [5, 5.41) is 15.0. The van der Waals surface area contributed by atoms with Crippen molar-refractivity contribution in [1.82, 2.24) is 35.2 Å². The van der Waals surface area contributed by atoms with Crippen molar-refractivity contribution in [3.8, 4) is 5.69 Å². The van der Waals surface area contributed by atoms with Gasteiger partial charge in [0, 0.05) is 12.6 Å². The molecule has 7 heteroatoms. The molecule has 0 radical (unpaired) electrons. The SMILES string of the molecule is c1ccc(-n2nnc3cnc(Cc4cn[nH]c4)nc32)cc1. The van der Waals surface area contributed by atoms with Gasteiger partial charge in [-0.2, -0.15) is 9.78 Å². The molecule has 0 saturated carbocycles. The minimum absolute atomic E-state index is 0.617. The third kappa shape index (κ3) is 2.14. The predicted octanol–water partition coefficient (Wildman–Crippen LogP) is 1.52. The number of benzene rings is 1. The van der Waals surface area contributed by atoms with E-state index in [1.54, 1.807) is 17.1 Å². The number of nitrogens with zero attached hydrogens (tertiary/aromatic N) is 6. The first-order chi connectivity index (χ1) is 10.4. The molecule has 4 rings (SSSR count). The minimum Gasteiger partial charge on any atom is -0.285 e. The summed E-state index contributed by atoms with van der Waals surface area (Å²) in [6, 6.07) is 9.80. The van der Waals surface area contributed by atoms with Crippen molar-refractivity contribution in [3.63, 3.8) is 0 Å². The van der Waals surface area contributed by atoms with Gasteiger partial charge in [0.05, 0.1) is 18.1 Å². The highest BCUT2D eigenvalue weighted by Crippen LogP contribution is 2.14. The predicted molar refractivity (Wildman–Crippen MR) is 75.8 cm³/mol. The molecule has 0 amide bonds. The van der Waals surface area contributed by atoms with Crippen LogP contribution in [-0.4, -0.2) is 35.2 Å². The van der Waals surface area contributed by atoms with Crippen LogP contribution in [0.5, 0.6) is 0 Å². The van der Waals surface area contributed by atoms with Gasteiger partial charge in [-0.1, -0.05) is 23.4 Å². The Hall–Kier alpha value is -3.09. The Bertz CT molecular complexity index is 865. The number of aromatic amines is 1. The van der Waals surface area contributed by atoms with E-state index in [1.165, 1.54) is 0 Å². The quantitative estimate of drug-likeness (QED) is 0.613. The van der Waals surface area contributed by atoms with Crippen LogP contribution in [0.1, 0.15) is 11.4 Å². The molecule has 21 heavy (non-hydrogen) atoms. The van der Waals surface area contributed by atoms with E-state index in [9.17, 15) is 0 Å². The number of para-hydroxylation sites is 1. The topological polar surface area (TPSA) is 85.2 Å². The van der Waals surface area contributed by atoms with Gasteiger partial charge in [0.2, 0.25) is 0 Å². The summed E-state index contributed by atoms with van der Waals surface area (Å²) in [5.41, 5.74) is 3.34. The highest BCUT2D eigenvalue weighted by atomic mass is 15.4. The van der Waals surface area contributed by atoms with Crippen LogP contribution in [0.4, 0.5) is 0 Å². The molecular weight excluding hydrogens is 266 g/mol. The maximum Gasteiger partial charge on any atom is 0.187 e. The average Bonchev–Trinajstić information content (AvgIpc) is 3.17. The molecule has 1 aromatic carbocycles. The number of rotatable bonds is 3. The Balaban J connectivity index is 1.79. The van der Waals surface area contributed by atoms with Gasteiger partial charge in [-0.25, -0.2) is 9.97 Å². The van der Waals surface area contributed by atoms with Gasteiger partial charge in [-0.3, -0.25) is 5.10 Å². The lowest BCUT2D eigenvalue weighted by molar-refractivity contribution is 0.814. The molecule has 0 bridgehead atoms. The second-order valence-electron chi connectivity index (χ2n) is 4.62. The lowest BCUT2D eigenvalue weighted by Crippen LogP contribution is -2.01. The molecule has 0 saturated heterocycles. The molecule has 7 nitrogen and oxygen atoms in total. The summed E-state index contributed by atoms with van der Waals surface area (Å²) < 4.78 is 1.72. The van der Waals surface area contributed by atoms with E-state index in [2.05, 4.69) is 30.5 Å². The van der Waals surface area contributed by atoms with Crippen molar-refractivity contribution in [2.45, 2.75) is 6.42 Å². The van der Waals surface area contributed by atoms with Crippen molar-refractivity contribution in [2.24, 2.45) is 0 Å². The maximum atomic E-state index is 4.57. The molecule has 102 valence electrons. The van der Waals surface area contributed by atoms with Gasteiger partial charge in [0.25, 0.3) is 0 Å². The Morgan fingerprint density at radius 1 is 1.10 bits per heavy atom. The maximum absolute atomic E-state index is 4.57. The van der Waals surface area contributed by atoms with E-state index in [0.717, 1.165) is 11.3 Å². The zero-order valence-electron chi connectivity index (χ0n) is 11.0. The summed E-state index contributed by atoms with van der Waals surface area (Å²) in [4.78, 5) is 8.89. The molecule has 0 fully saturated rings. The second kappa shape index (κ2) is 4.78. The Kier molecular flexibility index (Phi) is 2.67. The fourth-order valence-corrected chi connectivity index (χ4v) is 2.15. The van der Waals surface area contributed by atoms with E-state index in [1.807, 2.05) is 36.5 Å². The van der Waals surface area contributed by atoms with E-state index in [-0.39, 0.29) is 0 Å². The zero-order chi connectivity index (χ0) is 14.1. The number of H-pyrrole nitrogens is 1. The Morgan fingerprint density at radius 2 is 2.00 bits per heavy atom. The first-order valence-corrected chi connectivity index (χ1v) is 6.50. The van der Waals surface area contributed by atoms with Gasteiger partial charge in [0.1, 0.15) is 5.82 Å². The molecule has 0 aliphatic heterocycles. The molecule has 4 aromatic rings. The van der Waals surface area contributed by atoms with Crippen LogP contribution in [0.25, 0.3) is 16.9 Å². The fourth-order valence-electron chi connectivity index (χ4n) is 2.15. The van der Waals surface area contributed by atoms with Crippen molar-refractivity contribution in [3.05, 3.63) is 60.3 Å². The standard InChI is InChI=1S/C14H11N7/c1-2-4-11(5-3-1)21-14-12(19-20-21)9-15-13(18-14)6-10-7-16-17-8-10/h1-5,7-9H,6H2,(H,16,17). The Morgan fingerprint density at radius 3 is 2.81 bits per heavy atom. The summed E-state index contributed by atoms with van der Waals surface area (Å²) in [5.74, 6) is 0.711. The molecule has 1 N–H and O–H groups in total. The summed E-state index contributed by atoms with van der Waals surface area (Å²) in [6.45, 7) is 0. The normalized spacial score (nSPS) is 11.0. The van der Waals surface area contributed by atoms with E-state index < -0.39 is 0 Å². The van der Waals surface area contributed by atoms with Gasteiger partial charge >= 0.3 is 0 Å². The monoisotopic (exact) mass is 277 g/mol. The summed E-state index contributed by atoms with van der Waals surface area (Å²) in [6.07, 6.45) is 5.91. The lowest BCUT2D eigenvalue weighted by atomic mass is 10.2. The second-order valence-corrected chi connectivity index (χ2v) is 4.62. The van der Waals surface area contributed by atoms with Crippen molar-refractivity contribution < 1.29 is 0 Å². The smallest absolute Gasteiger partial charge is 0.187 e. The zero-order valence-corrected chi connectivity index (χ0v) is 11.0. The number of aromatic nitrogens is 7. The van der Waals surface area contributed by atoms with E-state index >= 15 is 0 Å². The first kappa shape index (κ1) is 11.7. The molecule has 3 aromatic heterocycles. The Labute approximate surface area is 119 Å². The third-order valence-electron chi connectivity index (χ3n) is 3.16. The highest BCUT2D eigenvalue weighted by Gasteiger charge is 2.10. The molecule has 0 unspecified atom stereocenters. The third-order valence-corrected chi connectivity index (χ3v) is 3.16. The molecule has 0 aliphatic carbocycles.